The first kappa shape index (κ1) is 10.9. The zero-order chi connectivity index (χ0) is 12.4. The van der Waals surface area contributed by atoms with Gasteiger partial charge in [-0.25, -0.2) is 4.98 Å². The normalized spacial score (nSPS) is 10.5. The molecule has 0 spiro atoms. The number of para-hydroxylation sites is 1. The second-order valence-corrected chi connectivity index (χ2v) is 3.97. The van der Waals surface area contributed by atoms with Gasteiger partial charge in [-0.3, -0.25) is 4.98 Å². The maximum atomic E-state index is 5.69. The molecule has 5 heteroatoms. The second-order valence-electron chi connectivity index (χ2n) is 3.63. The van der Waals surface area contributed by atoms with Crippen LogP contribution in [0.1, 0.15) is 0 Å². The molecule has 4 nitrogen and oxygen atoms in total. The summed E-state index contributed by atoms with van der Waals surface area (Å²) in [5, 5.41) is 1.16. The fraction of sp³-hybridized carbons (Fsp3) is 0. The highest BCUT2D eigenvalue weighted by Crippen LogP contribution is 2.22. The number of hydrogen-bond donors (Lipinski definition) is 0. The van der Waals surface area contributed by atoms with Crippen LogP contribution < -0.4 is 4.74 Å². The molecule has 3 rings (SSSR count). The van der Waals surface area contributed by atoms with Crippen molar-refractivity contribution in [2.45, 2.75) is 0 Å². The van der Waals surface area contributed by atoms with E-state index in [9.17, 15) is 0 Å². The molecule has 2 aromatic heterocycles. The molecule has 0 N–H and O–H groups in total. The van der Waals surface area contributed by atoms with Gasteiger partial charge in [0, 0.05) is 17.6 Å². The van der Waals surface area contributed by atoms with Gasteiger partial charge in [-0.15, -0.1) is 0 Å². The third-order valence-electron chi connectivity index (χ3n) is 2.39. The standard InChI is InChI=1S/C13H8ClN3O/c14-13-15-6-5-12(17-13)18-10-7-9-3-1-2-4-11(9)16-8-10/h1-8H. The lowest BCUT2D eigenvalue weighted by Crippen LogP contribution is -1.90. The molecule has 0 amide bonds. The highest BCUT2D eigenvalue weighted by molar-refractivity contribution is 6.28. The lowest BCUT2D eigenvalue weighted by molar-refractivity contribution is 0.460. The van der Waals surface area contributed by atoms with Gasteiger partial charge in [-0.1, -0.05) is 18.2 Å². The number of aromatic nitrogens is 3. The van der Waals surface area contributed by atoms with Gasteiger partial charge in [0.1, 0.15) is 5.75 Å². The maximum absolute atomic E-state index is 5.69. The molecule has 0 unspecified atom stereocenters. The van der Waals surface area contributed by atoms with Gasteiger partial charge in [0.15, 0.2) is 0 Å². The summed E-state index contributed by atoms with van der Waals surface area (Å²) in [6.07, 6.45) is 3.19. The molecule has 0 radical (unpaired) electrons. The Morgan fingerprint density at radius 1 is 1.06 bits per heavy atom. The number of halogens is 1. The van der Waals surface area contributed by atoms with E-state index >= 15 is 0 Å². The molecule has 0 bridgehead atoms. The fourth-order valence-corrected chi connectivity index (χ4v) is 1.74. The quantitative estimate of drug-likeness (QED) is 0.660. The average Bonchev–Trinajstić information content (AvgIpc) is 2.39. The molecule has 1 aromatic carbocycles. The Balaban J connectivity index is 1.95. The summed E-state index contributed by atoms with van der Waals surface area (Å²) in [6, 6.07) is 11.4. The van der Waals surface area contributed by atoms with E-state index in [1.165, 1.54) is 0 Å². The molecule has 3 aromatic rings. The van der Waals surface area contributed by atoms with E-state index < -0.39 is 0 Å². The van der Waals surface area contributed by atoms with Crippen LogP contribution in [0.25, 0.3) is 10.9 Å². The van der Waals surface area contributed by atoms with Crippen LogP contribution in [0.5, 0.6) is 11.6 Å². The third kappa shape index (κ3) is 2.24. The van der Waals surface area contributed by atoms with Gasteiger partial charge < -0.3 is 4.74 Å². The lowest BCUT2D eigenvalue weighted by atomic mass is 10.2. The van der Waals surface area contributed by atoms with E-state index in [1.54, 1.807) is 18.5 Å². The Kier molecular flexibility index (Phi) is 2.78. The Morgan fingerprint density at radius 3 is 2.83 bits per heavy atom. The zero-order valence-electron chi connectivity index (χ0n) is 9.25. The molecule has 0 atom stereocenters. The van der Waals surface area contributed by atoms with E-state index in [2.05, 4.69) is 15.0 Å². The number of hydrogen-bond acceptors (Lipinski definition) is 4. The summed E-state index contributed by atoms with van der Waals surface area (Å²) in [6.45, 7) is 0. The lowest BCUT2D eigenvalue weighted by Gasteiger charge is -2.05. The number of pyridine rings is 1. The zero-order valence-corrected chi connectivity index (χ0v) is 10.0. The van der Waals surface area contributed by atoms with Crippen molar-refractivity contribution in [1.29, 1.82) is 0 Å². The molecule has 0 saturated carbocycles. The van der Waals surface area contributed by atoms with Gasteiger partial charge in [-0.05, 0) is 23.7 Å². The maximum Gasteiger partial charge on any atom is 0.225 e. The van der Waals surface area contributed by atoms with Gasteiger partial charge in [-0.2, -0.15) is 4.98 Å². The molecule has 0 saturated heterocycles. The topological polar surface area (TPSA) is 47.9 Å². The fourth-order valence-electron chi connectivity index (χ4n) is 1.60. The van der Waals surface area contributed by atoms with Crippen molar-refractivity contribution in [2.75, 3.05) is 0 Å². The summed E-state index contributed by atoms with van der Waals surface area (Å²) in [5.41, 5.74) is 0.922. The van der Waals surface area contributed by atoms with Crippen LogP contribution in [0.4, 0.5) is 0 Å². The molecule has 88 valence electrons. The minimum absolute atomic E-state index is 0.154. The Hall–Kier alpha value is -2.20. The van der Waals surface area contributed by atoms with E-state index in [-0.39, 0.29) is 5.28 Å². The molecule has 0 fully saturated rings. The van der Waals surface area contributed by atoms with E-state index in [0.29, 0.717) is 11.6 Å². The minimum Gasteiger partial charge on any atom is -0.437 e. The minimum atomic E-state index is 0.154. The van der Waals surface area contributed by atoms with Crippen molar-refractivity contribution >= 4 is 22.5 Å². The van der Waals surface area contributed by atoms with Crippen molar-refractivity contribution in [2.24, 2.45) is 0 Å². The van der Waals surface area contributed by atoms with Crippen molar-refractivity contribution in [3.63, 3.8) is 0 Å². The van der Waals surface area contributed by atoms with Crippen LogP contribution in [0.2, 0.25) is 5.28 Å². The van der Waals surface area contributed by atoms with Crippen LogP contribution in [0, 0.1) is 0 Å². The van der Waals surface area contributed by atoms with Gasteiger partial charge >= 0.3 is 0 Å². The summed E-state index contributed by atoms with van der Waals surface area (Å²) >= 11 is 5.69. The SMILES string of the molecule is Clc1nccc(Oc2cnc3ccccc3c2)n1. The first-order valence-corrected chi connectivity index (χ1v) is 5.70. The Bertz CT molecular complexity index is 702. The summed E-state index contributed by atoms with van der Waals surface area (Å²) in [4.78, 5) is 12.0. The number of nitrogens with zero attached hydrogens (tertiary/aromatic N) is 3. The summed E-state index contributed by atoms with van der Waals surface area (Å²) in [7, 11) is 0. The first-order valence-electron chi connectivity index (χ1n) is 5.32. The smallest absolute Gasteiger partial charge is 0.225 e. The number of rotatable bonds is 2. The van der Waals surface area contributed by atoms with Crippen LogP contribution >= 0.6 is 11.6 Å². The molecular weight excluding hydrogens is 250 g/mol. The van der Waals surface area contributed by atoms with E-state index in [1.807, 2.05) is 30.3 Å². The van der Waals surface area contributed by atoms with Crippen LogP contribution in [-0.4, -0.2) is 15.0 Å². The van der Waals surface area contributed by atoms with Crippen molar-refractivity contribution < 1.29 is 4.74 Å². The van der Waals surface area contributed by atoms with Crippen molar-refractivity contribution in [1.82, 2.24) is 15.0 Å². The predicted molar refractivity (Wildman–Crippen MR) is 68.9 cm³/mol. The van der Waals surface area contributed by atoms with E-state index in [0.717, 1.165) is 10.9 Å². The molecule has 0 aliphatic rings. The monoisotopic (exact) mass is 257 g/mol. The van der Waals surface area contributed by atoms with Crippen molar-refractivity contribution in [3.05, 3.63) is 54.1 Å². The molecular formula is C13H8ClN3O. The third-order valence-corrected chi connectivity index (χ3v) is 2.57. The second kappa shape index (κ2) is 4.58. The summed E-state index contributed by atoms with van der Waals surface area (Å²) < 4.78 is 5.57. The van der Waals surface area contributed by atoms with Crippen LogP contribution in [0.15, 0.2) is 48.8 Å². The summed E-state index contributed by atoms with van der Waals surface area (Å²) in [5.74, 6) is 1.01. The van der Waals surface area contributed by atoms with Gasteiger partial charge in [0.2, 0.25) is 11.2 Å². The largest absolute Gasteiger partial charge is 0.437 e. The Labute approximate surface area is 108 Å². The van der Waals surface area contributed by atoms with Crippen LogP contribution in [-0.2, 0) is 0 Å². The van der Waals surface area contributed by atoms with Crippen molar-refractivity contribution in [3.8, 4) is 11.6 Å². The molecule has 2 heterocycles. The van der Waals surface area contributed by atoms with Gasteiger partial charge in [0.25, 0.3) is 0 Å². The highest BCUT2D eigenvalue weighted by Gasteiger charge is 2.02. The van der Waals surface area contributed by atoms with Gasteiger partial charge in [0.05, 0.1) is 11.7 Å². The molecule has 0 aliphatic carbocycles. The molecule has 0 aliphatic heterocycles. The van der Waals surface area contributed by atoms with Crippen LogP contribution in [0.3, 0.4) is 0 Å². The number of benzene rings is 1. The molecule has 18 heavy (non-hydrogen) atoms. The number of ether oxygens (including phenoxy) is 1. The highest BCUT2D eigenvalue weighted by atomic mass is 35.5. The van der Waals surface area contributed by atoms with E-state index in [4.69, 9.17) is 16.3 Å². The average molecular weight is 258 g/mol. The first-order chi connectivity index (χ1) is 8.81. The Morgan fingerprint density at radius 2 is 1.94 bits per heavy atom. The number of fused-ring (bicyclic) bond motifs is 1. The predicted octanol–water partition coefficient (Wildman–Crippen LogP) is 3.47.